The third kappa shape index (κ3) is 2.54. The summed E-state index contributed by atoms with van der Waals surface area (Å²) in [5.74, 6) is 0. The summed E-state index contributed by atoms with van der Waals surface area (Å²) in [6.07, 6.45) is 3.86. The molecule has 3 rings (SSSR count). The molecule has 0 spiro atoms. The van der Waals surface area contributed by atoms with Gasteiger partial charge >= 0.3 is 18.9 Å². The number of nitrogens with zero attached hydrogens (tertiary/aromatic N) is 3. The molecule has 19 heavy (non-hydrogen) atoms. The van der Waals surface area contributed by atoms with Gasteiger partial charge < -0.3 is 9.15 Å². The molecule has 0 radical (unpaired) electrons. The maximum Gasteiger partial charge on any atom is 1.00 e. The van der Waals surface area contributed by atoms with Crippen molar-refractivity contribution in [2.24, 2.45) is 0 Å². The van der Waals surface area contributed by atoms with Gasteiger partial charge in [0.1, 0.15) is 0 Å². The number of fused-ring (bicyclic) bond motifs is 1. The summed E-state index contributed by atoms with van der Waals surface area (Å²) in [5, 5.41) is 8.25. The van der Waals surface area contributed by atoms with E-state index in [9.17, 15) is 0 Å². The van der Waals surface area contributed by atoms with Crippen LogP contribution in [0.1, 0.15) is 12.5 Å². The third-order valence-corrected chi connectivity index (χ3v) is 2.59. The van der Waals surface area contributed by atoms with Crippen molar-refractivity contribution < 1.29 is 28.0 Å². The molecule has 0 aliphatic rings. The summed E-state index contributed by atoms with van der Waals surface area (Å²) < 4.78 is 12.4. The molecule has 0 atom stereocenters. The molecule has 6 heteroatoms. The first-order valence-electron chi connectivity index (χ1n) is 5.73. The van der Waals surface area contributed by atoms with Crippen molar-refractivity contribution in [3.05, 3.63) is 54.6 Å². The Hall–Kier alpha value is -1.67. The zero-order valence-electron chi connectivity index (χ0n) is 10.9. The van der Waals surface area contributed by atoms with Gasteiger partial charge in [-0.25, -0.2) is 0 Å². The van der Waals surface area contributed by atoms with E-state index in [1.165, 1.54) is 0 Å². The molecule has 2 aromatic heterocycles. The van der Waals surface area contributed by atoms with Gasteiger partial charge in [0.2, 0.25) is 0 Å². The Kier molecular flexibility index (Phi) is 4.33. The molecule has 0 bridgehead atoms. The average molecular weight is 249 g/mol. The summed E-state index contributed by atoms with van der Waals surface area (Å²) in [4.78, 5) is 0. The first-order valence-corrected chi connectivity index (χ1v) is 5.73. The molecule has 2 heterocycles. The Labute approximate surface area is 122 Å². The minimum atomic E-state index is 0. The van der Waals surface area contributed by atoms with Crippen molar-refractivity contribution in [2.75, 3.05) is 6.61 Å². The smallest absolute Gasteiger partial charge is 0.525 e. The predicted molar refractivity (Wildman–Crippen MR) is 65.6 cm³/mol. The van der Waals surface area contributed by atoms with Gasteiger partial charge in [0, 0.05) is 24.6 Å². The molecule has 0 saturated heterocycles. The number of aromatic nitrogens is 3. The van der Waals surface area contributed by atoms with E-state index < -0.39 is 0 Å². The van der Waals surface area contributed by atoms with Crippen LogP contribution >= 0.6 is 0 Å². The Balaban J connectivity index is 0.00000133. The Morgan fingerprint density at radius 1 is 1.32 bits per heavy atom. The molecule has 3 aromatic rings. The molecule has 0 unspecified atom stereocenters. The fourth-order valence-corrected chi connectivity index (χ4v) is 1.81. The van der Waals surface area contributed by atoms with Gasteiger partial charge in [-0.15, -0.1) is 5.10 Å². The van der Waals surface area contributed by atoms with E-state index >= 15 is 0 Å². The number of ether oxygens (including phenoxy) is 1. The fourth-order valence-electron chi connectivity index (χ4n) is 1.81. The average Bonchev–Trinajstić information content (AvgIpc) is 3.06. The summed E-state index contributed by atoms with van der Waals surface area (Å²) in [6, 6.07) is 9.58. The van der Waals surface area contributed by atoms with Gasteiger partial charge in [0.05, 0.1) is 11.7 Å². The first kappa shape index (κ1) is 13.8. The Bertz CT molecular complexity index is 636. The zero-order chi connectivity index (χ0) is 12.4. The van der Waals surface area contributed by atoms with Crippen LogP contribution in [0.5, 0.6) is 0 Å². The van der Waals surface area contributed by atoms with Gasteiger partial charge in [-0.3, -0.25) is 4.68 Å². The summed E-state index contributed by atoms with van der Waals surface area (Å²) in [5.41, 5.74) is 2.58. The number of benzene rings is 1. The Morgan fingerprint density at radius 3 is 2.89 bits per heavy atom. The number of hydrogen-bond acceptors (Lipinski definition) is 4. The second-order valence-electron chi connectivity index (χ2n) is 3.74. The second kappa shape index (κ2) is 5.98. The van der Waals surface area contributed by atoms with Gasteiger partial charge in [-0.2, -0.15) is 0 Å². The normalized spacial score (nSPS) is 10.4. The van der Waals surface area contributed by atoms with Crippen molar-refractivity contribution in [1.82, 2.24) is 15.0 Å². The number of para-hydroxylation sites is 1. The third-order valence-electron chi connectivity index (χ3n) is 2.59. The van der Waals surface area contributed by atoms with E-state index in [0.717, 1.165) is 16.6 Å². The van der Waals surface area contributed by atoms with Crippen molar-refractivity contribution in [3.63, 3.8) is 0 Å². The van der Waals surface area contributed by atoms with E-state index in [0.29, 0.717) is 12.8 Å². The van der Waals surface area contributed by atoms with E-state index in [1.807, 2.05) is 37.3 Å². The number of hydrogen-bond donors (Lipinski definition) is 0. The van der Waals surface area contributed by atoms with Gasteiger partial charge in [-0.05, 0) is 13.0 Å². The Morgan fingerprint density at radius 2 is 2.16 bits per heavy atom. The molecule has 0 N–H and O–H groups in total. The van der Waals surface area contributed by atoms with E-state index in [2.05, 4.69) is 10.3 Å². The SMILES string of the molecule is CCO[C-](c1ccoc1)n1nnc2ccccc21.[Li+]. The summed E-state index contributed by atoms with van der Waals surface area (Å²) in [7, 11) is 0. The maximum absolute atomic E-state index is 5.66. The van der Waals surface area contributed by atoms with Crippen LogP contribution in [-0.2, 0) is 4.74 Å². The monoisotopic (exact) mass is 249 g/mol. The number of furan rings is 1. The quantitative estimate of drug-likeness (QED) is 0.460. The predicted octanol–water partition coefficient (Wildman–Crippen LogP) is -0.549. The van der Waals surface area contributed by atoms with E-state index in [-0.39, 0.29) is 18.9 Å². The number of rotatable bonds is 4. The maximum atomic E-state index is 5.66. The molecule has 0 fully saturated rings. The minimum Gasteiger partial charge on any atom is -0.525 e. The summed E-state index contributed by atoms with van der Waals surface area (Å²) in [6.45, 7) is 2.48. The molecule has 0 amide bonds. The van der Waals surface area contributed by atoms with Gasteiger partial charge in [-0.1, -0.05) is 35.0 Å². The second-order valence-corrected chi connectivity index (χ2v) is 3.74. The fraction of sp³-hybridized carbons (Fsp3) is 0.154. The van der Waals surface area contributed by atoms with Crippen molar-refractivity contribution in [3.8, 4) is 0 Å². The molecule has 0 saturated carbocycles. The topological polar surface area (TPSA) is 53.1 Å². The molecule has 5 nitrogen and oxygen atoms in total. The minimum absolute atomic E-state index is 0. The van der Waals surface area contributed by atoms with E-state index in [1.54, 1.807) is 17.2 Å². The van der Waals surface area contributed by atoms with Crippen LogP contribution in [0, 0.1) is 6.23 Å². The van der Waals surface area contributed by atoms with Crippen molar-refractivity contribution in [2.45, 2.75) is 6.92 Å². The zero-order valence-corrected chi connectivity index (χ0v) is 10.9. The molecule has 0 aliphatic carbocycles. The van der Waals surface area contributed by atoms with Crippen LogP contribution in [0.3, 0.4) is 0 Å². The molecule has 92 valence electrons. The van der Waals surface area contributed by atoms with Crippen LogP contribution in [0.2, 0.25) is 0 Å². The van der Waals surface area contributed by atoms with Crippen molar-refractivity contribution in [1.29, 1.82) is 0 Å². The molecular weight excluding hydrogens is 237 g/mol. The van der Waals surface area contributed by atoms with Crippen LogP contribution in [0.4, 0.5) is 0 Å². The van der Waals surface area contributed by atoms with Gasteiger partial charge in [0.25, 0.3) is 0 Å². The molecule has 0 aliphatic heterocycles. The van der Waals surface area contributed by atoms with Crippen molar-refractivity contribution >= 4 is 11.0 Å². The molecular formula is C13H12LiN3O2. The van der Waals surface area contributed by atoms with Crippen LogP contribution in [0.15, 0.2) is 47.3 Å². The van der Waals surface area contributed by atoms with Gasteiger partial charge in [0.15, 0.2) is 0 Å². The first-order chi connectivity index (χ1) is 8.90. The largest absolute Gasteiger partial charge is 1.00 e. The van der Waals surface area contributed by atoms with E-state index in [4.69, 9.17) is 9.15 Å². The van der Waals surface area contributed by atoms with Crippen LogP contribution in [-0.4, -0.2) is 21.6 Å². The summed E-state index contributed by atoms with van der Waals surface area (Å²) >= 11 is 0. The standard InChI is InChI=1S/C13H12N3O2.Li/c1-2-18-13(10-7-8-17-9-10)16-12-6-4-3-5-11(12)14-15-16;/h3-9H,2H2,1H3;/q-1;+1. The van der Waals surface area contributed by atoms with Crippen LogP contribution in [0.25, 0.3) is 11.0 Å². The molecule has 1 aromatic carbocycles. The van der Waals surface area contributed by atoms with Crippen LogP contribution < -0.4 is 18.9 Å².